The Morgan fingerprint density at radius 2 is 2.00 bits per heavy atom. The van der Waals surface area contributed by atoms with E-state index in [1.165, 1.54) is 11.1 Å². The first-order valence-corrected chi connectivity index (χ1v) is 6.74. The van der Waals surface area contributed by atoms with Gasteiger partial charge in [0, 0.05) is 30.2 Å². The molecule has 0 radical (unpaired) electrons. The summed E-state index contributed by atoms with van der Waals surface area (Å²) < 4.78 is 1.97. The van der Waals surface area contributed by atoms with Crippen LogP contribution in [-0.2, 0) is 4.79 Å². The SMILES string of the molecule is CC1=C(c2ccc(-n3ccnc3)cc2)C(C)CC(=O)N1.Cl. The standard InChI is InChI=1S/C16H17N3O.ClH/c1-11-9-15(20)18-12(2)16(11)13-3-5-14(6-4-13)19-8-7-17-10-19;/h3-8,10-11H,9H2,1-2H3,(H,18,20);1H. The number of benzene rings is 1. The molecular weight excluding hydrogens is 286 g/mol. The molecule has 1 aliphatic rings. The number of carbonyl (C=O) groups is 1. The average Bonchev–Trinajstić information content (AvgIpc) is 2.92. The van der Waals surface area contributed by atoms with E-state index in [2.05, 4.69) is 41.5 Å². The first kappa shape index (κ1) is 15.3. The zero-order valence-electron chi connectivity index (χ0n) is 12.0. The summed E-state index contributed by atoms with van der Waals surface area (Å²) >= 11 is 0. The molecule has 0 saturated heterocycles. The quantitative estimate of drug-likeness (QED) is 0.926. The van der Waals surface area contributed by atoms with E-state index in [4.69, 9.17) is 0 Å². The number of aromatic nitrogens is 2. The number of nitrogens with one attached hydrogen (secondary N) is 1. The molecule has 1 aromatic carbocycles. The lowest BCUT2D eigenvalue weighted by Gasteiger charge is -2.25. The minimum Gasteiger partial charge on any atom is -0.330 e. The molecule has 0 fully saturated rings. The lowest BCUT2D eigenvalue weighted by atomic mass is 9.87. The van der Waals surface area contributed by atoms with Crippen molar-refractivity contribution in [2.24, 2.45) is 5.92 Å². The second-order valence-corrected chi connectivity index (χ2v) is 5.21. The Bertz CT molecular complexity index is 659. The highest BCUT2D eigenvalue weighted by atomic mass is 35.5. The Morgan fingerprint density at radius 1 is 1.29 bits per heavy atom. The number of amides is 1. The predicted molar refractivity (Wildman–Crippen MR) is 85.3 cm³/mol. The number of hydrogen-bond acceptors (Lipinski definition) is 2. The van der Waals surface area contributed by atoms with Crippen molar-refractivity contribution in [1.29, 1.82) is 0 Å². The van der Waals surface area contributed by atoms with E-state index in [1.54, 1.807) is 12.5 Å². The number of carbonyl (C=O) groups excluding carboxylic acids is 1. The van der Waals surface area contributed by atoms with Crippen LogP contribution in [0, 0.1) is 5.92 Å². The van der Waals surface area contributed by atoms with Gasteiger partial charge in [0.25, 0.3) is 0 Å². The second kappa shape index (κ2) is 6.14. The zero-order chi connectivity index (χ0) is 14.1. The highest BCUT2D eigenvalue weighted by molar-refractivity contribution is 5.87. The van der Waals surface area contributed by atoms with Crippen molar-refractivity contribution in [1.82, 2.24) is 14.9 Å². The minimum absolute atomic E-state index is 0. The normalized spacial score (nSPS) is 18.2. The fraction of sp³-hybridized carbons (Fsp3) is 0.250. The number of hydrogen-bond donors (Lipinski definition) is 1. The van der Waals surface area contributed by atoms with Crippen molar-refractivity contribution in [2.75, 3.05) is 0 Å². The summed E-state index contributed by atoms with van der Waals surface area (Å²) in [6.07, 6.45) is 6.02. The molecular formula is C16H18ClN3O. The first-order valence-electron chi connectivity index (χ1n) is 6.74. The average molecular weight is 304 g/mol. The molecule has 1 aromatic heterocycles. The monoisotopic (exact) mass is 303 g/mol. The maximum atomic E-state index is 11.5. The molecule has 1 aliphatic heterocycles. The third-order valence-electron chi connectivity index (χ3n) is 3.70. The molecule has 2 heterocycles. The Labute approximate surface area is 130 Å². The van der Waals surface area contributed by atoms with Crippen LogP contribution in [0.25, 0.3) is 11.3 Å². The zero-order valence-corrected chi connectivity index (χ0v) is 12.9. The van der Waals surface area contributed by atoms with E-state index in [1.807, 2.05) is 17.7 Å². The summed E-state index contributed by atoms with van der Waals surface area (Å²) in [5, 5.41) is 2.93. The molecule has 1 amide bonds. The largest absolute Gasteiger partial charge is 0.330 e. The molecule has 3 rings (SSSR count). The van der Waals surface area contributed by atoms with E-state index in [-0.39, 0.29) is 24.2 Å². The number of rotatable bonds is 2. The van der Waals surface area contributed by atoms with Crippen molar-refractivity contribution < 1.29 is 4.79 Å². The van der Waals surface area contributed by atoms with Crippen LogP contribution in [0.15, 0.2) is 48.7 Å². The molecule has 0 bridgehead atoms. The summed E-state index contributed by atoms with van der Waals surface area (Å²) in [5.41, 5.74) is 4.43. The summed E-state index contributed by atoms with van der Waals surface area (Å²) in [6.45, 7) is 4.06. The minimum atomic E-state index is 0. The highest BCUT2D eigenvalue weighted by Crippen LogP contribution is 2.31. The van der Waals surface area contributed by atoms with Crippen LogP contribution in [0.2, 0.25) is 0 Å². The predicted octanol–water partition coefficient (Wildman–Crippen LogP) is 3.18. The molecule has 1 atom stereocenters. The van der Waals surface area contributed by atoms with Crippen molar-refractivity contribution in [3.05, 3.63) is 54.2 Å². The van der Waals surface area contributed by atoms with Gasteiger partial charge in [-0.25, -0.2) is 4.98 Å². The van der Waals surface area contributed by atoms with Crippen LogP contribution in [0.5, 0.6) is 0 Å². The van der Waals surface area contributed by atoms with Crippen LogP contribution in [-0.4, -0.2) is 15.5 Å². The van der Waals surface area contributed by atoms with Crippen molar-refractivity contribution in [3.8, 4) is 5.69 Å². The van der Waals surface area contributed by atoms with E-state index < -0.39 is 0 Å². The van der Waals surface area contributed by atoms with Gasteiger partial charge in [-0.05, 0) is 36.1 Å². The van der Waals surface area contributed by atoms with E-state index in [9.17, 15) is 4.79 Å². The molecule has 0 saturated carbocycles. The van der Waals surface area contributed by atoms with Crippen molar-refractivity contribution >= 4 is 23.9 Å². The number of halogens is 1. The highest BCUT2D eigenvalue weighted by Gasteiger charge is 2.23. The summed E-state index contributed by atoms with van der Waals surface area (Å²) in [4.78, 5) is 15.6. The maximum Gasteiger partial charge on any atom is 0.224 e. The lowest BCUT2D eigenvalue weighted by Crippen LogP contribution is -2.30. The van der Waals surface area contributed by atoms with Gasteiger partial charge in [0.1, 0.15) is 0 Å². The number of allylic oxidation sites excluding steroid dienone is 2. The molecule has 110 valence electrons. The van der Waals surface area contributed by atoms with E-state index in [0.717, 1.165) is 11.4 Å². The first-order chi connectivity index (χ1) is 9.65. The van der Waals surface area contributed by atoms with Crippen LogP contribution in [0.1, 0.15) is 25.8 Å². The molecule has 1 unspecified atom stereocenters. The van der Waals surface area contributed by atoms with Crippen LogP contribution in [0.4, 0.5) is 0 Å². The molecule has 2 aromatic rings. The second-order valence-electron chi connectivity index (χ2n) is 5.21. The molecule has 5 heteroatoms. The van der Waals surface area contributed by atoms with Crippen molar-refractivity contribution in [3.63, 3.8) is 0 Å². The molecule has 0 spiro atoms. The van der Waals surface area contributed by atoms with Crippen LogP contribution < -0.4 is 5.32 Å². The van der Waals surface area contributed by atoms with Gasteiger partial charge in [0.2, 0.25) is 5.91 Å². The Balaban J connectivity index is 0.00000161. The number of nitrogens with zero attached hydrogens (tertiary/aromatic N) is 2. The maximum absolute atomic E-state index is 11.5. The van der Waals surface area contributed by atoms with Gasteiger partial charge in [-0.2, -0.15) is 0 Å². The van der Waals surface area contributed by atoms with Gasteiger partial charge in [-0.3, -0.25) is 4.79 Å². The Morgan fingerprint density at radius 3 is 2.57 bits per heavy atom. The molecule has 1 N–H and O–H groups in total. The van der Waals surface area contributed by atoms with Gasteiger partial charge < -0.3 is 9.88 Å². The van der Waals surface area contributed by atoms with Crippen LogP contribution in [0.3, 0.4) is 0 Å². The Kier molecular flexibility index (Phi) is 4.48. The smallest absolute Gasteiger partial charge is 0.224 e. The fourth-order valence-corrected chi connectivity index (χ4v) is 2.80. The third kappa shape index (κ3) is 3.00. The fourth-order valence-electron chi connectivity index (χ4n) is 2.80. The van der Waals surface area contributed by atoms with Gasteiger partial charge in [-0.1, -0.05) is 19.1 Å². The summed E-state index contributed by atoms with van der Waals surface area (Å²) in [7, 11) is 0. The molecule has 4 nitrogen and oxygen atoms in total. The van der Waals surface area contributed by atoms with Gasteiger partial charge >= 0.3 is 0 Å². The lowest BCUT2D eigenvalue weighted by molar-refractivity contribution is -0.121. The van der Waals surface area contributed by atoms with Crippen molar-refractivity contribution in [2.45, 2.75) is 20.3 Å². The van der Waals surface area contributed by atoms with Crippen LogP contribution >= 0.6 is 12.4 Å². The van der Waals surface area contributed by atoms with E-state index >= 15 is 0 Å². The molecule has 0 aliphatic carbocycles. The topological polar surface area (TPSA) is 46.9 Å². The Hall–Kier alpha value is -2.07. The number of imidazole rings is 1. The van der Waals surface area contributed by atoms with Gasteiger partial charge in [0.15, 0.2) is 0 Å². The van der Waals surface area contributed by atoms with Gasteiger partial charge in [0.05, 0.1) is 6.33 Å². The third-order valence-corrected chi connectivity index (χ3v) is 3.70. The summed E-state index contributed by atoms with van der Waals surface area (Å²) in [5.74, 6) is 0.358. The van der Waals surface area contributed by atoms with E-state index in [0.29, 0.717) is 6.42 Å². The molecule has 21 heavy (non-hydrogen) atoms. The van der Waals surface area contributed by atoms with Gasteiger partial charge in [-0.15, -0.1) is 12.4 Å². The summed E-state index contributed by atoms with van der Waals surface area (Å²) in [6, 6.07) is 8.34.